The Kier molecular flexibility index (Phi) is 4.55. The molecule has 1 aliphatic heterocycles. The fourth-order valence-corrected chi connectivity index (χ4v) is 4.94. The summed E-state index contributed by atoms with van der Waals surface area (Å²) in [6.07, 6.45) is 3.26. The average Bonchev–Trinajstić information content (AvgIpc) is 3.42. The van der Waals surface area contributed by atoms with E-state index in [-0.39, 0.29) is 0 Å². The lowest BCUT2D eigenvalue weighted by Gasteiger charge is -2.30. The molecular weight excluding hydrogens is 422 g/mol. The van der Waals surface area contributed by atoms with Crippen LogP contribution in [0, 0.1) is 6.92 Å². The second-order valence-corrected chi connectivity index (χ2v) is 9.07. The Hall–Kier alpha value is -3.16. The highest BCUT2D eigenvalue weighted by atomic mass is 35.5. The number of aromatic nitrogens is 6. The number of hydrogen-bond acceptors (Lipinski definition) is 4. The first kappa shape index (κ1) is 19.5. The summed E-state index contributed by atoms with van der Waals surface area (Å²) in [4.78, 5) is 2.45. The predicted octanol–water partition coefficient (Wildman–Crippen LogP) is 4.30. The summed E-state index contributed by atoms with van der Waals surface area (Å²) in [6.45, 7) is 5.98. The molecule has 0 spiro atoms. The lowest BCUT2D eigenvalue weighted by Crippen LogP contribution is -2.36. The first-order valence-corrected chi connectivity index (χ1v) is 11.3. The first-order valence-electron chi connectivity index (χ1n) is 10.9. The van der Waals surface area contributed by atoms with Gasteiger partial charge in [0.1, 0.15) is 11.5 Å². The summed E-state index contributed by atoms with van der Waals surface area (Å²) >= 11 is 6.53. The molecule has 1 fully saturated rings. The van der Waals surface area contributed by atoms with Crippen LogP contribution in [0.2, 0.25) is 5.02 Å². The molecule has 1 aromatic carbocycles. The van der Waals surface area contributed by atoms with Gasteiger partial charge in [-0.2, -0.15) is 5.10 Å². The van der Waals surface area contributed by atoms with Gasteiger partial charge in [-0.15, -0.1) is 10.2 Å². The first-order chi connectivity index (χ1) is 15.5. The van der Waals surface area contributed by atoms with E-state index >= 15 is 0 Å². The summed E-state index contributed by atoms with van der Waals surface area (Å²) in [5.41, 5.74) is 7.48. The van der Waals surface area contributed by atoms with Crippen LogP contribution in [0.15, 0.2) is 48.7 Å². The van der Waals surface area contributed by atoms with Crippen molar-refractivity contribution < 1.29 is 0 Å². The molecule has 5 aromatic rings. The van der Waals surface area contributed by atoms with Crippen molar-refractivity contribution in [1.29, 1.82) is 0 Å². The molecule has 32 heavy (non-hydrogen) atoms. The van der Waals surface area contributed by atoms with E-state index in [0.29, 0.717) is 6.54 Å². The third kappa shape index (κ3) is 3.29. The van der Waals surface area contributed by atoms with Gasteiger partial charge in [-0.05, 0) is 74.0 Å². The monoisotopic (exact) mass is 445 g/mol. The molecule has 0 amide bonds. The van der Waals surface area contributed by atoms with Crippen LogP contribution in [0.3, 0.4) is 0 Å². The number of benzene rings is 1. The van der Waals surface area contributed by atoms with Gasteiger partial charge in [0.05, 0.1) is 16.7 Å². The maximum absolute atomic E-state index is 6.53. The third-order valence-electron chi connectivity index (χ3n) is 6.29. The molecule has 0 atom stereocenters. The number of aryl methyl sites for hydroxylation is 2. The van der Waals surface area contributed by atoms with E-state index in [2.05, 4.69) is 59.5 Å². The molecule has 5 heterocycles. The van der Waals surface area contributed by atoms with Gasteiger partial charge in [0.15, 0.2) is 5.65 Å². The van der Waals surface area contributed by atoms with Crippen LogP contribution < -0.4 is 0 Å². The molecule has 7 nitrogen and oxygen atoms in total. The van der Waals surface area contributed by atoms with Crippen molar-refractivity contribution in [2.75, 3.05) is 13.1 Å². The van der Waals surface area contributed by atoms with Gasteiger partial charge in [0.25, 0.3) is 0 Å². The molecule has 0 N–H and O–H groups in total. The summed E-state index contributed by atoms with van der Waals surface area (Å²) < 4.78 is 6.25. The van der Waals surface area contributed by atoms with Gasteiger partial charge in [-0.3, -0.25) is 14.0 Å². The fraction of sp³-hybridized carbons (Fsp3) is 0.292. The van der Waals surface area contributed by atoms with Crippen LogP contribution in [0.5, 0.6) is 0 Å². The highest BCUT2D eigenvalue weighted by molar-refractivity contribution is 6.30. The minimum absolute atomic E-state index is 0.704. The number of hydrogen-bond donors (Lipinski definition) is 0. The van der Waals surface area contributed by atoms with Gasteiger partial charge < -0.3 is 4.57 Å². The summed E-state index contributed by atoms with van der Waals surface area (Å²) in [5, 5.41) is 14.0. The Balaban J connectivity index is 1.50. The average molecular weight is 446 g/mol. The van der Waals surface area contributed by atoms with Gasteiger partial charge in [-0.25, -0.2) is 0 Å². The summed E-state index contributed by atoms with van der Waals surface area (Å²) in [5.74, 6) is 0.870. The minimum atomic E-state index is 0.704. The number of halogens is 1. The maximum Gasteiger partial charge on any atom is 0.161 e. The maximum atomic E-state index is 6.53. The van der Waals surface area contributed by atoms with Crippen LogP contribution in [-0.4, -0.2) is 46.9 Å². The summed E-state index contributed by atoms with van der Waals surface area (Å²) in [6, 6.07) is 14.8. The number of fused-ring (bicyclic) bond motifs is 3. The predicted molar refractivity (Wildman–Crippen MR) is 126 cm³/mol. The molecule has 8 heteroatoms. The molecule has 6 rings (SSSR count). The Morgan fingerprint density at radius 3 is 2.47 bits per heavy atom. The largest absolute Gasteiger partial charge is 0.333 e. The molecule has 0 radical (unpaired) electrons. The molecule has 1 saturated heterocycles. The van der Waals surface area contributed by atoms with Crippen molar-refractivity contribution in [3.05, 3.63) is 70.6 Å². The minimum Gasteiger partial charge on any atom is -0.333 e. The Labute approximate surface area is 190 Å². The lowest BCUT2D eigenvalue weighted by atomic mass is 10.1. The number of rotatable bonds is 5. The van der Waals surface area contributed by atoms with Gasteiger partial charge in [0.2, 0.25) is 0 Å². The van der Waals surface area contributed by atoms with Crippen molar-refractivity contribution in [1.82, 2.24) is 33.8 Å². The van der Waals surface area contributed by atoms with Crippen LogP contribution in [0.4, 0.5) is 0 Å². The quantitative estimate of drug-likeness (QED) is 0.404. The molecule has 0 unspecified atom stereocenters. The van der Waals surface area contributed by atoms with E-state index in [1.807, 2.05) is 37.0 Å². The fourth-order valence-electron chi connectivity index (χ4n) is 4.66. The SMILES string of the molecule is Cc1nnc2ccc3c(cc(-c4ccn(C)n4)n3Cc3cc(Cl)cc(CN4CCC4)c3)n12. The van der Waals surface area contributed by atoms with Crippen LogP contribution in [0.1, 0.15) is 23.4 Å². The van der Waals surface area contributed by atoms with Crippen LogP contribution >= 0.6 is 11.6 Å². The smallest absolute Gasteiger partial charge is 0.161 e. The highest BCUT2D eigenvalue weighted by Crippen LogP contribution is 2.30. The molecule has 0 aliphatic carbocycles. The van der Waals surface area contributed by atoms with Gasteiger partial charge in [-0.1, -0.05) is 17.7 Å². The molecule has 1 aliphatic rings. The topological polar surface area (TPSA) is 56.2 Å². The van der Waals surface area contributed by atoms with Crippen LogP contribution in [-0.2, 0) is 20.1 Å². The normalized spacial score (nSPS) is 14.5. The highest BCUT2D eigenvalue weighted by Gasteiger charge is 2.18. The van der Waals surface area contributed by atoms with E-state index in [0.717, 1.165) is 45.5 Å². The van der Waals surface area contributed by atoms with Gasteiger partial charge >= 0.3 is 0 Å². The van der Waals surface area contributed by atoms with E-state index in [4.69, 9.17) is 11.6 Å². The zero-order valence-electron chi connectivity index (χ0n) is 18.2. The van der Waals surface area contributed by atoms with E-state index in [9.17, 15) is 0 Å². The Bertz CT molecular complexity index is 1450. The molecule has 0 saturated carbocycles. The molecule has 4 aromatic heterocycles. The second-order valence-electron chi connectivity index (χ2n) is 8.63. The third-order valence-corrected chi connectivity index (χ3v) is 6.51. The molecule has 162 valence electrons. The van der Waals surface area contributed by atoms with Crippen molar-refractivity contribution in [3.63, 3.8) is 0 Å². The summed E-state index contributed by atoms with van der Waals surface area (Å²) in [7, 11) is 1.94. The van der Waals surface area contributed by atoms with E-state index in [1.54, 1.807) is 0 Å². The van der Waals surface area contributed by atoms with E-state index in [1.165, 1.54) is 30.6 Å². The number of nitrogens with zero attached hydrogens (tertiary/aromatic N) is 7. The van der Waals surface area contributed by atoms with Gasteiger partial charge in [0, 0.05) is 31.4 Å². The zero-order chi connectivity index (χ0) is 21.8. The van der Waals surface area contributed by atoms with Crippen molar-refractivity contribution >= 4 is 28.3 Å². The standard InChI is InChI=1S/C24H24ClN7/c1-16-26-27-24-5-4-21-23(32(16)24)13-22(20-6-9-29(2)28-20)31(21)15-18-10-17(11-19(25)12-18)14-30-7-3-8-30/h4-6,9-13H,3,7-8,14-15H2,1-2H3. The second kappa shape index (κ2) is 7.46. The number of likely N-dealkylation sites (tertiary alicyclic amines) is 1. The zero-order valence-corrected chi connectivity index (χ0v) is 18.9. The Morgan fingerprint density at radius 2 is 1.75 bits per heavy atom. The lowest BCUT2D eigenvalue weighted by molar-refractivity contribution is 0.172. The van der Waals surface area contributed by atoms with Crippen LogP contribution in [0.25, 0.3) is 28.1 Å². The van der Waals surface area contributed by atoms with Crippen molar-refractivity contribution in [2.24, 2.45) is 7.05 Å². The molecular formula is C24H24ClN7. The van der Waals surface area contributed by atoms with Crippen molar-refractivity contribution in [2.45, 2.75) is 26.4 Å². The van der Waals surface area contributed by atoms with Crippen molar-refractivity contribution in [3.8, 4) is 11.4 Å². The molecule has 0 bridgehead atoms. The number of pyridine rings is 1. The Morgan fingerprint density at radius 1 is 0.938 bits per heavy atom. The van der Waals surface area contributed by atoms with E-state index < -0.39 is 0 Å².